The Bertz CT molecular complexity index is 1730. The highest BCUT2D eigenvalue weighted by Crippen LogP contribution is 2.44. The van der Waals surface area contributed by atoms with Crippen molar-refractivity contribution >= 4 is 17.6 Å². The van der Waals surface area contributed by atoms with Gasteiger partial charge in [-0.3, -0.25) is 10.1 Å². The second kappa shape index (κ2) is 17.3. The average molecular weight is 700 g/mol. The number of carbonyl (C=O) groups is 2. The van der Waals surface area contributed by atoms with Gasteiger partial charge in [-0.25, -0.2) is 9.59 Å². The number of aliphatic hydroxyl groups excluding tert-OH is 1. The van der Waals surface area contributed by atoms with Gasteiger partial charge in [0.05, 0.1) is 35.7 Å². The molecule has 0 saturated heterocycles. The number of methoxy groups -OCH3 is 1. The molecule has 0 amide bonds. The Kier molecular flexibility index (Phi) is 12.9. The standard InChI is InChI=1S/C35H36F3N3O9/c1-22-29(30(24-9-7-10-25(19-24)41(45)46)31(33(43)47-2)32(40-22)35(36,37)38)34(44)49-16-14-23-8-6-13-28(18-23)48-17-15-39-20-26(42)21-50-27-11-4-3-5-12-27/h3-13,18-19,26,30,39-40,42H,14-17,20-21H2,1-2H3. The predicted molar refractivity (Wildman–Crippen MR) is 174 cm³/mol. The maximum absolute atomic E-state index is 14.1. The van der Waals surface area contributed by atoms with Crippen LogP contribution in [0.3, 0.4) is 0 Å². The molecule has 0 aliphatic carbocycles. The Morgan fingerprint density at radius 2 is 1.68 bits per heavy atom. The van der Waals surface area contributed by atoms with Crippen LogP contribution in [0.4, 0.5) is 18.9 Å². The molecular weight excluding hydrogens is 663 g/mol. The van der Waals surface area contributed by atoms with E-state index in [0.717, 1.165) is 24.8 Å². The first kappa shape index (κ1) is 37.4. The van der Waals surface area contributed by atoms with Crippen LogP contribution in [0.15, 0.2) is 101 Å². The first-order valence-corrected chi connectivity index (χ1v) is 15.5. The number of dihydropyridines is 1. The zero-order valence-corrected chi connectivity index (χ0v) is 27.2. The summed E-state index contributed by atoms with van der Waals surface area (Å²) in [6, 6.07) is 20.8. The minimum Gasteiger partial charge on any atom is -0.492 e. The van der Waals surface area contributed by atoms with Gasteiger partial charge < -0.3 is 34.7 Å². The molecule has 3 aromatic rings. The summed E-state index contributed by atoms with van der Waals surface area (Å²) < 4.78 is 63.8. The number of esters is 2. The van der Waals surface area contributed by atoms with E-state index in [4.69, 9.17) is 14.2 Å². The molecule has 15 heteroatoms. The van der Waals surface area contributed by atoms with Gasteiger partial charge in [-0.15, -0.1) is 0 Å². The van der Waals surface area contributed by atoms with Crippen molar-refractivity contribution in [2.45, 2.75) is 31.5 Å². The van der Waals surface area contributed by atoms with Gasteiger partial charge in [-0.05, 0) is 42.3 Å². The molecule has 0 radical (unpaired) electrons. The minimum absolute atomic E-state index is 0.108. The molecule has 0 spiro atoms. The van der Waals surface area contributed by atoms with Gasteiger partial charge in [-0.2, -0.15) is 13.2 Å². The van der Waals surface area contributed by atoms with Gasteiger partial charge in [-0.1, -0.05) is 42.5 Å². The lowest BCUT2D eigenvalue weighted by Gasteiger charge is -2.31. The van der Waals surface area contributed by atoms with E-state index in [1.165, 1.54) is 19.1 Å². The molecule has 0 saturated carbocycles. The highest BCUT2D eigenvalue weighted by molar-refractivity contribution is 6.00. The molecule has 266 valence electrons. The molecule has 0 fully saturated rings. The van der Waals surface area contributed by atoms with Crippen LogP contribution in [0.1, 0.15) is 24.0 Å². The number of halogens is 3. The van der Waals surface area contributed by atoms with Gasteiger partial charge in [0.2, 0.25) is 0 Å². The number of hydrogen-bond donors (Lipinski definition) is 3. The van der Waals surface area contributed by atoms with Crippen molar-refractivity contribution in [2.24, 2.45) is 0 Å². The van der Waals surface area contributed by atoms with Crippen LogP contribution in [0, 0.1) is 10.1 Å². The molecule has 3 aromatic carbocycles. The number of rotatable bonds is 16. The second-order valence-corrected chi connectivity index (χ2v) is 11.1. The molecule has 12 nitrogen and oxygen atoms in total. The summed E-state index contributed by atoms with van der Waals surface area (Å²) in [5.41, 5.74) is -2.79. The molecule has 3 N–H and O–H groups in total. The third-order valence-corrected chi connectivity index (χ3v) is 7.52. The Hall–Kier alpha value is -5.41. The molecule has 0 bridgehead atoms. The van der Waals surface area contributed by atoms with Crippen LogP contribution < -0.4 is 20.1 Å². The van der Waals surface area contributed by atoms with Crippen LogP contribution in [0.2, 0.25) is 0 Å². The number of nitro benzene ring substituents is 1. The van der Waals surface area contributed by atoms with Gasteiger partial charge in [0.1, 0.15) is 36.5 Å². The molecule has 2 unspecified atom stereocenters. The third-order valence-electron chi connectivity index (χ3n) is 7.52. The maximum atomic E-state index is 14.1. The number of non-ortho nitro benzene ring substituents is 1. The van der Waals surface area contributed by atoms with Crippen molar-refractivity contribution < 1.29 is 51.7 Å². The Labute approximate surface area is 285 Å². The summed E-state index contributed by atoms with van der Waals surface area (Å²) in [6.07, 6.45) is -5.56. The van der Waals surface area contributed by atoms with Gasteiger partial charge >= 0.3 is 18.1 Å². The van der Waals surface area contributed by atoms with E-state index in [-0.39, 0.29) is 36.5 Å². The molecule has 2 atom stereocenters. The van der Waals surface area contributed by atoms with E-state index < -0.39 is 52.0 Å². The van der Waals surface area contributed by atoms with Gasteiger partial charge in [0.15, 0.2) is 0 Å². The van der Waals surface area contributed by atoms with Crippen molar-refractivity contribution in [3.8, 4) is 11.5 Å². The van der Waals surface area contributed by atoms with Gasteiger partial charge in [0.25, 0.3) is 5.69 Å². The van der Waals surface area contributed by atoms with Crippen LogP contribution in [-0.2, 0) is 25.5 Å². The van der Waals surface area contributed by atoms with Crippen molar-refractivity contribution in [1.82, 2.24) is 10.6 Å². The number of carbonyl (C=O) groups excluding carboxylic acids is 2. The number of benzene rings is 3. The summed E-state index contributed by atoms with van der Waals surface area (Å²) in [7, 11) is 0.888. The molecular formula is C35H36F3N3O9. The molecule has 1 heterocycles. The lowest BCUT2D eigenvalue weighted by molar-refractivity contribution is -0.384. The summed E-state index contributed by atoms with van der Waals surface area (Å²) >= 11 is 0. The van der Waals surface area contributed by atoms with E-state index >= 15 is 0 Å². The number of aliphatic hydroxyl groups is 1. The zero-order chi connectivity index (χ0) is 36.3. The fourth-order valence-electron chi connectivity index (χ4n) is 5.21. The fraction of sp³-hybridized carbons (Fsp3) is 0.314. The van der Waals surface area contributed by atoms with Crippen molar-refractivity contribution in [2.75, 3.05) is 40.0 Å². The van der Waals surface area contributed by atoms with Crippen molar-refractivity contribution in [3.63, 3.8) is 0 Å². The highest BCUT2D eigenvalue weighted by Gasteiger charge is 2.47. The number of nitro groups is 1. The van der Waals surface area contributed by atoms with Crippen LogP contribution in [0.25, 0.3) is 0 Å². The summed E-state index contributed by atoms with van der Waals surface area (Å²) in [5.74, 6) is -2.88. The summed E-state index contributed by atoms with van der Waals surface area (Å²) in [5, 5.41) is 26.8. The summed E-state index contributed by atoms with van der Waals surface area (Å²) in [4.78, 5) is 37.0. The lowest BCUT2D eigenvalue weighted by Crippen LogP contribution is -2.38. The maximum Gasteiger partial charge on any atom is 0.431 e. The normalized spacial score (nSPS) is 15.2. The second-order valence-electron chi connectivity index (χ2n) is 11.1. The van der Waals surface area contributed by atoms with Crippen molar-refractivity contribution in [1.29, 1.82) is 0 Å². The molecule has 1 aliphatic rings. The first-order chi connectivity index (χ1) is 23.9. The quantitative estimate of drug-likeness (QED) is 0.0821. The van der Waals surface area contributed by atoms with Crippen molar-refractivity contribution in [3.05, 3.63) is 123 Å². The average Bonchev–Trinajstić information content (AvgIpc) is 3.10. The lowest BCUT2D eigenvalue weighted by atomic mass is 9.80. The van der Waals surface area contributed by atoms with E-state index in [0.29, 0.717) is 31.2 Å². The topological polar surface area (TPSA) is 158 Å². The Balaban J connectivity index is 1.37. The highest BCUT2D eigenvalue weighted by atomic mass is 19.4. The number of para-hydroxylation sites is 1. The molecule has 0 aromatic heterocycles. The Morgan fingerprint density at radius 3 is 2.38 bits per heavy atom. The third kappa shape index (κ3) is 10.1. The number of ether oxygens (including phenoxy) is 4. The monoisotopic (exact) mass is 699 g/mol. The molecule has 50 heavy (non-hydrogen) atoms. The summed E-state index contributed by atoms with van der Waals surface area (Å²) in [6.45, 7) is 2.19. The number of hydrogen-bond acceptors (Lipinski definition) is 11. The fourth-order valence-corrected chi connectivity index (χ4v) is 5.21. The smallest absolute Gasteiger partial charge is 0.431 e. The Morgan fingerprint density at radius 1 is 0.960 bits per heavy atom. The van der Waals surface area contributed by atoms with E-state index in [9.17, 15) is 38.0 Å². The van der Waals surface area contributed by atoms with E-state index in [1.54, 1.807) is 36.4 Å². The first-order valence-electron chi connectivity index (χ1n) is 15.5. The minimum atomic E-state index is -5.05. The van der Waals surface area contributed by atoms with E-state index in [1.807, 2.05) is 18.2 Å². The van der Waals surface area contributed by atoms with Gasteiger partial charge in [0, 0.05) is 37.3 Å². The zero-order valence-electron chi connectivity index (χ0n) is 27.2. The van der Waals surface area contributed by atoms with Crippen LogP contribution in [-0.4, -0.2) is 74.3 Å². The number of alkyl halides is 3. The molecule has 4 rings (SSSR count). The predicted octanol–water partition coefficient (Wildman–Crippen LogP) is 4.74. The van der Waals surface area contributed by atoms with Crippen LogP contribution >= 0.6 is 0 Å². The molecule has 1 aliphatic heterocycles. The number of nitrogens with one attached hydrogen (secondary N) is 2. The van der Waals surface area contributed by atoms with E-state index in [2.05, 4.69) is 15.4 Å². The van der Waals surface area contributed by atoms with Crippen LogP contribution in [0.5, 0.6) is 11.5 Å². The SMILES string of the molecule is COC(=O)C1=C(C(F)(F)F)NC(C)=C(C(=O)OCCc2cccc(OCCNCC(O)COc3ccccc3)c2)C1c1cccc([N+](=O)[O-])c1. The largest absolute Gasteiger partial charge is 0.492 e. The number of allylic oxidation sites excluding steroid dienone is 2. The number of nitrogens with zero attached hydrogens (tertiary/aromatic N) is 1.